The minimum atomic E-state index is -3.18. The average molecular weight is 263 g/mol. The molecule has 0 amide bonds. The Morgan fingerprint density at radius 2 is 2.18 bits per heavy atom. The Hall–Kier alpha value is -0.820. The average Bonchev–Trinajstić information content (AvgIpc) is 3.10. The highest BCUT2D eigenvalue weighted by Crippen LogP contribution is 2.29. The van der Waals surface area contributed by atoms with Crippen LogP contribution in [0.5, 0.6) is 0 Å². The highest BCUT2D eigenvalue weighted by molar-refractivity contribution is 7.89. The maximum atomic E-state index is 12.1. The number of sulfonamides is 1. The molecule has 0 aromatic carbocycles. The molecule has 0 heterocycles. The summed E-state index contributed by atoms with van der Waals surface area (Å²) in [5.74, 6) is 0.261. The first-order valence-electron chi connectivity index (χ1n) is 5.97. The van der Waals surface area contributed by atoms with E-state index in [1.807, 2.05) is 6.92 Å². The van der Waals surface area contributed by atoms with Crippen molar-refractivity contribution < 1.29 is 13.6 Å². The van der Waals surface area contributed by atoms with Crippen molar-refractivity contribution in [2.45, 2.75) is 45.1 Å². The topological polar surface area (TPSA) is 96.0 Å². The molecular weight excluding hydrogens is 242 g/mol. The number of hydrogen-bond acceptors (Lipinski definition) is 4. The molecule has 1 aliphatic carbocycles. The third kappa shape index (κ3) is 4.51. The summed E-state index contributed by atoms with van der Waals surface area (Å²) >= 11 is 0. The van der Waals surface area contributed by atoms with Crippen LogP contribution < -0.4 is 5.73 Å². The summed E-state index contributed by atoms with van der Waals surface area (Å²) in [5, 5.41) is 11.3. The molecule has 100 valence electrons. The van der Waals surface area contributed by atoms with Crippen LogP contribution in [-0.4, -0.2) is 42.1 Å². The van der Waals surface area contributed by atoms with E-state index in [2.05, 4.69) is 5.16 Å². The summed E-state index contributed by atoms with van der Waals surface area (Å²) in [6.07, 6.45) is 3.65. The normalized spacial score (nSPS) is 17.6. The van der Waals surface area contributed by atoms with Crippen LogP contribution in [0.4, 0.5) is 0 Å². The second-order valence-corrected chi connectivity index (χ2v) is 6.39. The van der Waals surface area contributed by atoms with Gasteiger partial charge in [0.25, 0.3) is 0 Å². The highest BCUT2D eigenvalue weighted by Gasteiger charge is 2.36. The molecule has 0 bridgehead atoms. The predicted molar refractivity (Wildman–Crippen MR) is 66.4 cm³/mol. The van der Waals surface area contributed by atoms with E-state index in [1.165, 1.54) is 4.31 Å². The van der Waals surface area contributed by atoms with Crippen LogP contribution in [0, 0.1) is 0 Å². The van der Waals surface area contributed by atoms with E-state index in [-0.39, 0.29) is 24.1 Å². The number of unbranched alkanes of at least 4 members (excludes halogenated alkanes) is 1. The van der Waals surface area contributed by atoms with Crippen molar-refractivity contribution >= 4 is 15.9 Å². The van der Waals surface area contributed by atoms with Crippen molar-refractivity contribution in [2.24, 2.45) is 10.9 Å². The summed E-state index contributed by atoms with van der Waals surface area (Å²) in [6, 6.07) is 0.128. The largest absolute Gasteiger partial charge is 0.409 e. The number of amidine groups is 1. The number of oxime groups is 1. The number of nitrogens with two attached hydrogens (primary N) is 1. The fraction of sp³-hybridized carbons (Fsp3) is 0.900. The Labute approximate surface area is 103 Å². The van der Waals surface area contributed by atoms with Crippen molar-refractivity contribution in [3.8, 4) is 0 Å². The van der Waals surface area contributed by atoms with Gasteiger partial charge in [-0.3, -0.25) is 0 Å². The smallest absolute Gasteiger partial charge is 0.214 e. The molecule has 0 aliphatic heterocycles. The molecule has 0 radical (unpaired) electrons. The standard InChI is InChI=1S/C10H21N3O3S/c1-2-3-8-17(15,16)13(9-4-5-9)7-6-10(11)12-14/h9,14H,2-8H2,1H3,(H2,11,12). The number of hydrogen-bond donors (Lipinski definition) is 2. The zero-order valence-electron chi connectivity index (χ0n) is 10.2. The van der Waals surface area contributed by atoms with E-state index in [0.717, 1.165) is 19.3 Å². The second-order valence-electron chi connectivity index (χ2n) is 4.35. The van der Waals surface area contributed by atoms with Gasteiger partial charge in [0.1, 0.15) is 5.84 Å². The van der Waals surface area contributed by atoms with Gasteiger partial charge in [-0.1, -0.05) is 18.5 Å². The van der Waals surface area contributed by atoms with Crippen LogP contribution >= 0.6 is 0 Å². The van der Waals surface area contributed by atoms with Gasteiger partial charge < -0.3 is 10.9 Å². The molecule has 1 fully saturated rings. The second kappa shape index (κ2) is 6.20. The van der Waals surface area contributed by atoms with Crippen molar-refractivity contribution in [1.82, 2.24) is 4.31 Å². The van der Waals surface area contributed by atoms with Gasteiger partial charge in [-0.25, -0.2) is 8.42 Å². The molecule has 0 spiro atoms. The van der Waals surface area contributed by atoms with E-state index in [4.69, 9.17) is 10.9 Å². The van der Waals surface area contributed by atoms with Crippen molar-refractivity contribution in [3.63, 3.8) is 0 Å². The lowest BCUT2D eigenvalue weighted by Crippen LogP contribution is -2.37. The van der Waals surface area contributed by atoms with Gasteiger partial charge in [-0.15, -0.1) is 0 Å². The Morgan fingerprint density at radius 1 is 1.53 bits per heavy atom. The predicted octanol–water partition coefficient (Wildman–Crippen LogP) is 0.717. The van der Waals surface area contributed by atoms with Gasteiger partial charge >= 0.3 is 0 Å². The monoisotopic (exact) mass is 263 g/mol. The summed E-state index contributed by atoms with van der Waals surface area (Å²) < 4.78 is 25.6. The molecule has 17 heavy (non-hydrogen) atoms. The molecule has 0 saturated heterocycles. The number of rotatable bonds is 8. The van der Waals surface area contributed by atoms with Crippen LogP contribution in [0.2, 0.25) is 0 Å². The SMILES string of the molecule is CCCCS(=O)(=O)N(CC/C(N)=N/O)C1CC1. The first kappa shape index (κ1) is 14.2. The van der Waals surface area contributed by atoms with Crippen LogP contribution in [0.15, 0.2) is 5.16 Å². The van der Waals surface area contributed by atoms with Gasteiger partial charge in [0.05, 0.1) is 5.75 Å². The lowest BCUT2D eigenvalue weighted by molar-refractivity contribution is 0.315. The molecular formula is C10H21N3O3S. The maximum Gasteiger partial charge on any atom is 0.214 e. The first-order chi connectivity index (χ1) is 8.01. The summed E-state index contributed by atoms with van der Waals surface area (Å²) in [7, 11) is -3.18. The third-order valence-electron chi connectivity index (χ3n) is 2.78. The molecule has 1 saturated carbocycles. The molecule has 7 heteroatoms. The van der Waals surface area contributed by atoms with Gasteiger partial charge in [-0.05, 0) is 19.3 Å². The Kier molecular flexibility index (Phi) is 5.20. The molecule has 3 N–H and O–H groups in total. The van der Waals surface area contributed by atoms with Gasteiger partial charge in [0.15, 0.2) is 0 Å². The van der Waals surface area contributed by atoms with Crippen molar-refractivity contribution in [3.05, 3.63) is 0 Å². The summed E-state index contributed by atoms with van der Waals surface area (Å²) in [6.45, 7) is 2.28. The number of nitrogens with zero attached hydrogens (tertiary/aromatic N) is 2. The van der Waals surface area contributed by atoms with E-state index < -0.39 is 10.0 Å². The van der Waals surface area contributed by atoms with Crippen molar-refractivity contribution in [2.75, 3.05) is 12.3 Å². The maximum absolute atomic E-state index is 12.1. The summed E-state index contributed by atoms with van der Waals surface area (Å²) in [4.78, 5) is 0. The summed E-state index contributed by atoms with van der Waals surface area (Å²) in [5.41, 5.74) is 5.36. The van der Waals surface area contributed by atoms with E-state index in [0.29, 0.717) is 13.0 Å². The zero-order valence-corrected chi connectivity index (χ0v) is 11.0. The third-order valence-corrected chi connectivity index (χ3v) is 4.78. The van der Waals surface area contributed by atoms with Crippen LogP contribution in [0.1, 0.15) is 39.0 Å². The van der Waals surface area contributed by atoms with Crippen LogP contribution in [0.25, 0.3) is 0 Å². The fourth-order valence-electron chi connectivity index (χ4n) is 1.63. The fourth-order valence-corrected chi connectivity index (χ4v) is 3.55. The lowest BCUT2D eigenvalue weighted by Gasteiger charge is -2.21. The van der Waals surface area contributed by atoms with Crippen LogP contribution in [-0.2, 0) is 10.0 Å². The molecule has 6 nitrogen and oxygen atoms in total. The first-order valence-corrected chi connectivity index (χ1v) is 7.58. The van der Waals surface area contributed by atoms with E-state index >= 15 is 0 Å². The van der Waals surface area contributed by atoms with Gasteiger partial charge in [0, 0.05) is 19.0 Å². The van der Waals surface area contributed by atoms with Gasteiger partial charge in [0.2, 0.25) is 10.0 Å². The molecule has 0 unspecified atom stereocenters. The lowest BCUT2D eigenvalue weighted by atomic mass is 10.4. The highest BCUT2D eigenvalue weighted by atomic mass is 32.2. The Balaban J connectivity index is 2.59. The Bertz CT molecular complexity index is 363. The Morgan fingerprint density at radius 3 is 2.65 bits per heavy atom. The molecule has 0 aromatic rings. The molecule has 1 rings (SSSR count). The minimum absolute atomic E-state index is 0.0707. The molecule has 0 aromatic heterocycles. The van der Waals surface area contributed by atoms with E-state index in [1.54, 1.807) is 0 Å². The van der Waals surface area contributed by atoms with Crippen LogP contribution in [0.3, 0.4) is 0 Å². The quantitative estimate of drug-likeness (QED) is 0.292. The van der Waals surface area contributed by atoms with E-state index in [9.17, 15) is 8.42 Å². The zero-order chi connectivity index (χ0) is 12.9. The molecule has 0 atom stereocenters. The van der Waals surface area contributed by atoms with Gasteiger partial charge in [-0.2, -0.15) is 4.31 Å². The molecule has 1 aliphatic rings. The van der Waals surface area contributed by atoms with Crippen molar-refractivity contribution in [1.29, 1.82) is 0 Å². The minimum Gasteiger partial charge on any atom is -0.409 e.